The molecule has 0 aliphatic rings. The van der Waals surface area contributed by atoms with Crippen LogP contribution in [0, 0.1) is 5.82 Å². The van der Waals surface area contributed by atoms with Gasteiger partial charge in [-0.05, 0) is 65.6 Å². The molecule has 0 aromatic heterocycles. The van der Waals surface area contributed by atoms with Crippen LogP contribution in [-0.2, 0) is 27.5 Å². The first-order valence-electron chi connectivity index (χ1n) is 11.2. The molecule has 3 aromatic rings. The van der Waals surface area contributed by atoms with E-state index in [0.29, 0.717) is 22.6 Å². The van der Waals surface area contributed by atoms with Crippen molar-refractivity contribution in [3.05, 3.63) is 77.1 Å². The number of hydrogen-bond donors (Lipinski definition) is 2. The van der Waals surface area contributed by atoms with Crippen LogP contribution in [0.15, 0.2) is 54.6 Å². The van der Waals surface area contributed by atoms with Crippen LogP contribution in [0.3, 0.4) is 0 Å². The number of rotatable bonds is 9. The second-order valence-electron chi connectivity index (χ2n) is 8.49. The van der Waals surface area contributed by atoms with Gasteiger partial charge in [-0.2, -0.15) is 13.2 Å². The Hall–Kier alpha value is -3.80. The first-order valence-corrected chi connectivity index (χ1v) is 13.1. The molecule has 0 saturated heterocycles. The molecule has 0 spiro atoms. The number of ether oxygens (including phenoxy) is 2. The van der Waals surface area contributed by atoms with Gasteiger partial charge in [-0.15, -0.1) is 0 Å². The van der Waals surface area contributed by atoms with E-state index < -0.39 is 39.4 Å². The standard InChI is InChI=1S/C26H26F4N2O5S/c1-15(16-6-9-22(21(27)11-16)32-38(4,34)35)25(33)31-14-18-5-8-19(26(28,29)30)13-20(18)17-7-10-23(36-2)24(12-17)37-3/h5-13,15,32H,14H2,1-4H3,(H,31,33). The fourth-order valence-electron chi connectivity index (χ4n) is 3.75. The molecule has 0 heterocycles. The molecular weight excluding hydrogens is 528 g/mol. The van der Waals surface area contributed by atoms with E-state index in [9.17, 15) is 30.8 Å². The van der Waals surface area contributed by atoms with Gasteiger partial charge in [0.25, 0.3) is 0 Å². The Morgan fingerprint density at radius 3 is 2.24 bits per heavy atom. The minimum absolute atomic E-state index is 0.110. The number of hydrogen-bond acceptors (Lipinski definition) is 5. The van der Waals surface area contributed by atoms with E-state index in [2.05, 4.69) is 5.32 Å². The zero-order valence-corrected chi connectivity index (χ0v) is 21.8. The molecule has 0 radical (unpaired) electrons. The van der Waals surface area contributed by atoms with Gasteiger partial charge >= 0.3 is 6.18 Å². The number of anilines is 1. The maximum atomic E-state index is 14.4. The fourth-order valence-corrected chi connectivity index (χ4v) is 4.31. The highest BCUT2D eigenvalue weighted by Crippen LogP contribution is 2.37. The highest BCUT2D eigenvalue weighted by Gasteiger charge is 2.31. The van der Waals surface area contributed by atoms with Crippen LogP contribution >= 0.6 is 0 Å². The van der Waals surface area contributed by atoms with Crippen molar-refractivity contribution < 1.29 is 40.2 Å². The van der Waals surface area contributed by atoms with E-state index in [-0.39, 0.29) is 23.4 Å². The summed E-state index contributed by atoms with van der Waals surface area (Å²) in [7, 11) is -0.849. The summed E-state index contributed by atoms with van der Waals surface area (Å²) >= 11 is 0. The van der Waals surface area contributed by atoms with E-state index >= 15 is 0 Å². The highest BCUT2D eigenvalue weighted by atomic mass is 32.2. The second-order valence-corrected chi connectivity index (χ2v) is 10.2. The van der Waals surface area contributed by atoms with Crippen LogP contribution in [-0.4, -0.2) is 34.8 Å². The van der Waals surface area contributed by atoms with E-state index in [1.54, 1.807) is 12.1 Å². The molecule has 1 atom stereocenters. The first kappa shape index (κ1) is 28.8. The number of carbonyl (C=O) groups excluding carboxylic acids is 1. The van der Waals surface area contributed by atoms with Gasteiger partial charge in [-0.3, -0.25) is 9.52 Å². The zero-order valence-electron chi connectivity index (χ0n) is 20.9. The molecule has 3 aromatic carbocycles. The smallest absolute Gasteiger partial charge is 0.416 e. The topological polar surface area (TPSA) is 93.7 Å². The summed E-state index contributed by atoms with van der Waals surface area (Å²) in [5.74, 6) is -1.48. The number of benzene rings is 3. The molecule has 204 valence electrons. The van der Waals surface area contributed by atoms with Gasteiger partial charge in [-0.1, -0.05) is 18.2 Å². The summed E-state index contributed by atoms with van der Waals surface area (Å²) < 4.78 is 90.0. The van der Waals surface area contributed by atoms with E-state index in [1.807, 2.05) is 4.72 Å². The Kier molecular flexibility index (Phi) is 8.55. The quantitative estimate of drug-likeness (QED) is 0.349. The van der Waals surface area contributed by atoms with Gasteiger partial charge in [-0.25, -0.2) is 12.8 Å². The average molecular weight is 555 g/mol. The predicted molar refractivity (Wildman–Crippen MR) is 135 cm³/mol. The Morgan fingerprint density at radius 1 is 0.974 bits per heavy atom. The molecule has 38 heavy (non-hydrogen) atoms. The molecule has 3 rings (SSSR count). The number of halogens is 4. The maximum absolute atomic E-state index is 14.4. The lowest BCUT2D eigenvalue weighted by molar-refractivity contribution is -0.137. The Bertz CT molecular complexity index is 1440. The van der Waals surface area contributed by atoms with E-state index in [1.165, 1.54) is 45.4 Å². The maximum Gasteiger partial charge on any atom is 0.416 e. The Morgan fingerprint density at radius 2 is 1.66 bits per heavy atom. The van der Waals surface area contributed by atoms with Crippen LogP contribution in [0.5, 0.6) is 11.5 Å². The summed E-state index contributed by atoms with van der Waals surface area (Å²) in [6, 6.07) is 11.6. The van der Waals surface area contributed by atoms with Crippen LogP contribution in [0.1, 0.15) is 29.5 Å². The third-order valence-corrected chi connectivity index (χ3v) is 6.36. The molecule has 0 saturated carbocycles. The van der Waals surface area contributed by atoms with Crippen LogP contribution in [0.4, 0.5) is 23.2 Å². The van der Waals surface area contributed by atoms with Gasteiger partial charge in [0.05, 0.1) is 37.6 Å². The van der Waals surface area contributed by atoms with E-state index in [4.69, 9.17) is 9.47 Å². The molecular formula is C26H26F4N2O5S. The predicted octanol–water partition coefficient (Wildman–Crippen LogP) is 5.32. The molecule has 0 bridgehead atoms. The van der Waals surface area contributed by atoms with Gasteiger partial charge in [0.15, 0.2) is 11.5 Å². The lowest BCUT2D eigenvalue weighted by Crippen LogP contribution is -2.28. The lowest BCUT2D eigenvalue weighted by atomic mass is 9.96. The molecule has 0 aliphatic heterocycles. The van der Waals surface area contributed by atoms with Crippen molar-refractivity contribution in [1.29, 1.82) is 0 Å². The minimum Gasteiger partial charge on any atom is -0.493 e. The lowest BCUT2D eigenvalue weighted by Gasteiger charge is -2.18. The Labute approximate surface area is 217 Å². The van der Waals surface area contributed by atoms with Crippen LogP contribution in [0.2, 0.25) is 0 Å². The van der Waals surface area contributed by atoms with Crippen molar-refractivity contribution in [3.63, 3.8) is 0 Å². The third kappa shape index (κ3) is 6.94. The highest BCUT2D eigenvalue weighted by molar-refractivity contribution is 7.92. The fraction of sp³-hybridized carbons (Fsp3) is 0.269. The SMILES string of the molecule is COc1ccc(-c2cc(C(F)(F)F)ccc2CNC(=O)C(C)c2ccc(NS(C)(=O)=O)c(F)c2)cc1OC. The summed E-state index contributed by atoms with van der Waals surface area (Å²) in [6.45, 7) is 1.41. The van der Waals surface area contributed by atoms with Gasteiger partial charge in [0.1, 0.15) is 5.82 Å². The zero-order chi connectivity index (χ0) is 28.3. The van der Waals surface area contributed by atoms with Gasteiger partial charge in [0.2, 0.25) is 15.9 Å². The van der Waals surface area contributed by atoms with Crippen molar-refractivity contribution in [2.45, 2.75) is 25.6 Å². The van der Waals surface area contributed by atoms with Gasteiger partial charge in [0, 0.05) is 6.54 Å². The molecule has 7 nitrogen and oxygen atoms in total. The summed E-state index contributed by atoms with van der Waals surface area (Å²) in [6.07, 6.45) is -3.70. The first-order chi connectivity index (χ1) is 17.7. The van der Waals surface area contributed by atoms with Crippen LogP contribution in [0.25, 0.3) is 11.1 Å². The average Bonchev–Trinajstić information content (AvgIpc) is 2.86. The van der Waals surface area contributed by atoms with Crippen LogP contribution < -0.4 is 19.5 Å². The number of alkyl halides is 3. The molecule has 1 unspecified atom stereocenters. The summed E-state index contributed by atoms with van der Waals surface area (Å²) in [5, 5.41) is 2.68. The largest absolute Gasteiger partial charge is 0.493 e. The van der Waals surface area contributed by atoms with Crippen molar-refractivity contribution in [2.75, 3.05) is 25.2 Å². The third-order valence-electron chi connectivity index (χ3n) is 5.77. The molecule has 0 fully saturated rings. The number of methoxy groups -OCH3 is 2. The molecule has 12 heteroatoms. The Balaban J connectivity index is 1.87. The monoisotopic (exact) mass is 554 g/mol. The number of carbonyl (C=O) groups is 1. The number of sulfonamides is 1. The molecule has 0 aliphatic carbocycles. The normalized spacial score (nSPS) is 12.5. The summed E-state index contributed by atoms with van der Waals surface area (Å²) in [5.41, 5.74) is 0.228. The van der Waals surface area contributed by atoms with Crippen molar-refractivity contribution in [3.8, 4) is 22.6 Å². The van der Waals surface area contributed by atoms with Crippen molar-refractivity contribution >= 4 is 21.6 Å². The van der Waals surface area contributed by atoms with Crippen molar-refractivity contribution in [2.24, 2.45) is 0 Å². The second kappa shape index (κ2) is 11.3. The number of nitrogens with one attached hydrogen (secondary N) is 2. The number of amides is 1. The minimum atomic E-state index is -4.58. The van der Waals surface area contributed by atoms with Gasteiger partial charge < -0.3 is 14.8 Å². The summed E-state index contributed by atoms with van der Waals surface area (Å²) in [4.78, 5) is 12.8. The van der Waals surface area contributed by atoms with Crippen molar-refractivity contribution in [1.82, 2.24) is 5.32 Å². The molecule has 2 N–H and O–H groups in total. The molecule has 1 amide bonds. The van der Waals surface area contributed by atoms with E-state index in [0.717, 1.165) is 24.5 Å².